The molecule has 0 aromatic rings. The van der Waals surface area contributed by atoms with Gasteiger partial charge in [-0.05, 0) is 25.3 Å². The molecule has 1 fully saturated rings. The Morgan fingerprint density at radius 3 is 2.65 bits per heavy atom. The van der Waals surface area contributed by atoms with Crippen LogP contribution in [-0.2, 0) is 4.79 Å². The van der Waals surface area contributed by atoms with E-state index >= 15 is 0 Å². The first-order valence-electron chi connectivity index (χ1n) is 6.87. The van der Waals surface area contributed by atoms with Crippen molar-refractivity contribution in [3.63, 3.8) is 0 Å². The number of hydrogen-bond donors (Lipinski definition) is 2. The zero-order valence-electron chi connectivity index (χ0n) is 10.9. The Morgan fingerprint density at radius 1 is 1.35 bits per heavy atom. The molecule has 1 saturated carbocycles. The van der Waals surface area contributed by atoms with Gasteiger partial charge in [-0.1, -0.05) is 45.1 Å². The van der Waals surface area contributed by atoms with Crippen molar-refractivity contribution in [2.24, 2.45) is 5.92 Å². The van der Waals surface area contributed by atoms with Gasteiger partial charge in [0.1, 0.15) is 0 Å². The normalized spacial score (nSPS) is 18.3. The maximum Gasteiger partial charge on any atom is 0.331 e. The molecule has 0 atom stereocenters. The SMILES string of the molecule is CCC(=CCNCCC1CCCCC1)C(=O)O. The summed E-state index contributed by atoms with van der Waals surface area (Å²) >= 11 is 0. The number of carboxylic acids is 1. The third-order valence-electron chi connectivity index (χ3n) is 3.60. The largest absolute Gasteiger partial charge is 0.478 e. The molecule has 1 rings (SSSR count). The lowest BCUT2D eigenvalue weighted by Crippen LogP contribution is -2.20. The van der Waals surface area contributed by atoms with Crippen LogP contribution < -0.4 is 5.32 Å². The lowest BCUT2D eigenvalue weighted by atomic mass is 9.87. The highest BCUT2D eigenvalue weighted by atomic mass is 16.4. The van der Waals surface area contributed by atoms with Gasteiger partial charge in [0.15, 0.2) is 0 Å². The minimum absolute atomic E-state index is 0.509. The van der Waals surface area contributed by atoms with E-state index in [0.717, 1.165) is 12.5 Å². The number of nitrogens with one attached hydrogen (secondary N) is 1. The second kappa shape index (κ2) is 8.29. The Balaban J connectivity index is 2.08. The fourth-order valence-electron chi connectivity index (χ4n) is 2.46. The molecule has 0 heterocycles. The first kappa shape index (κ1) is 14.2. The van der Waals surface area contributed by atoms with Gasteiger partial charge in [0.25, 0.3) is 0 Å². The molecule has 3 nitrogen and oxygen atoms in total. The van der Waals surface area contributed by atoms with Crippen molar-refractivity contribution in [1.82, 2.24) is 5.32 Å². The molecule has 17 heavy (non-hydrogen) atoms. The standard InChI is InChI=1S/C14H25NO2/c1-2-13(14(16)17)9-11-15-10-8-12-6-4-3-5-7-12/h9,12,15H,2-8,10-11H2,1H3,(H,16,17). The fourth-order valence-corrected chi connectivity index (χ4v) is 2.46. The number of carboxylic acid groups (broad SMARTS) is 1. The zero-order valence-corrected chi connectivity index (χ0v) is 10.9. The fraction of sp³-hybridized carbons (Fsp3) is 0.786. The zero-order chi connectivity index (χ0) is 12.5. The Hall–Kier alpha value is -0.830. The summed E-state index contributed by atoms with van der Waals surface area (Å²) in [7, 11) is 0. The molecule has 0 aromatic heterocycles. The van der Waals surface area contributed by atoms with Gasteiger partial charge in [-0.25, -0.2) is 4.79 Å². The van der Waals surface area contributed by atoms with Crippen LogP contribution in [0.3, 0.4) is 0 Å². The third kappa shape index (κ3) is 5.87. The van der Waals surface area contributed by atoms with Crippen LogP contribution >= 0.6 is 0 Å². The van der Waals surface area contributed by atoms with E-state index in [4.69, 9.17) is 5.11 Å². The molecule has 98 valence electrons. The Labute approximate surface area is 104 Å². The Morgan fingerprint density at radius 2 is 2.06 bits per heavy atom. The summed E-state index contributed by atoms with van der Waals surface area (Å²) in [5, 5.41) is 12.2. The van der Waals surface area contributed by atoms with Crippen molar-refractivity contribution < 1.29 is 9.90 Å². The quantitative estimate of drug-likeness (QED) is 0.530. The molecule has 0 unspecified atom stereocenters. The molecule has 0 amide bonds. The van der Waals surface area contributed by atoms with Crippen molar-refractivity contribution in [1.29, 1.82) is 0 Å². The molecule has 2 N–H and O–H groups in total. The van der Waals surface area contributed by atoms with Crippen LogP contribution in [0.25, 0.3) is 0 Å². The van der Waals surface area contributed by atoms with Crippen molar-refractivity contribution in [3.8, 4) is 0 Å². The molecule has 3 heteroatoms. The number of hydrogen-bond acceptors (Lipinski definition) is 2. The van der Waals surface area contributed by atoms with Crippen molar-refractivity contribution in [3.05, 3.63) is 11.6 Å². The molecular weight excluding hydrogens is 214 g/mol. The second-order valence-electron chi connectivity index (χ2n) is 4.88. The maximum absolute atomic E-state index is 10.7. The average molecular weight is 239 g/mol. The molecule has 0 bridgehead atoms. The van der Waals surface area contributed by atoms with Gasteiger partial charge >= 0.3 is 5.97 Å². The minimum Gasteiger partial charge on any atom is -0.478 e. The summed E-state index contributed by atoms with van der Waals surface area (Å²) in [5.74, 6) is 0.104. The van der Waals surface area contributed by atoms with E-state index < -0.39 is 5.97 Å². The molecule has 0 aromatic carbocycles. The highest BCUT2D eigenvalue weighted by Gasteiger charge is 2.12. The number of rotatable bonds is 7. The van der Waals surface area contributed by atoms with E-state index in [0.29, 0.717) is 18.5 Å². The first-order valence-corrected chi connectivity index (χ1v) is 6.87. The second-order valence-corrected chi connectivity index (χ2v) is 4.88. The lowest BCUT2D eigenvalue weighted by molar-refractivity contribution is -0.132. The van der Waals surface area contributed by atoms with E-state index in [1.165, 1.54) is 38.5 Å². The monoisotopic (exact) mass is 239 g/mol. The smallest absolute Gasteiger partial charge is 0.331 e. The van der Waals surface area contributed by atoms with Gasteiger partial charge in [-0.2, -0.15) is 0 Å². The van der Waals surface area contributed by atoms with Crippen molar-refractivity contribution in [2.75, 3.05) is 13.1 Å². The van der Waals surface area contributed by atoms with Gasteiger partial charge < -0.3 is 10.4 Å². The highest BCUT2D eigenvalue weighted by Crippen LogP contribution is 2.25. The van der Waals surface area contributed by atoms with Gasteiger partial charge in [0.05, 0.1) is 0 Å². The van der Waals surface area contributed by atoms with Gasteiger partial charge in [0, 0.05) is 12.1 Å². The lowest BCUT2D eigenvalue weighted by Gasteiger charge is -2.21. The van der Waals surface area contributed by atoms with E-state index in [9.17, 15) is 4.79 Å². The van der Waals surface area contributed by atoms with E-state index in [1.54, 1.807) is 6.08 Å². The number of carbonyl (C=O) groups is 1. The van der Waals surface area contributed by atoms with Crippen LogP contribution in [0, 0.1) is 5.92 Å². The number of aliphatic carboxylic acids is 1. The Kier molecular flexibility index (Phi) is 6.94. The van der Waals surface area contributed by atoms with Crippen LogP contribution in [0.5, 0.6) is 0 Å². The summed E-state index contributed by atoms with van der Waals surface area (Å²) in [4.78, 5) is 10.7. The van der Waals surface area contributed by atoms with Gasteiger partial charge in [-0.3, -0.25) is 0 Å². The highest BCUT2D eigenvalue weighted by molar-refractivity contribution is 5.86. The molecule has 0 saturated heterocycles. The maximum atomic E-state index is 10.7. The Bertz CT molecular complexity index is 255. The summed E-state index contributed by atoms with van der Waals surface area (Å²) in [6.07, 6.45) is 10.6. The summed E-state index contributed by atoms with van der Waals surface area (Å²) in [6, 6.07) is 0. The summed E-state index contributed by atoms with van der Waals surface area (Å²) < 4.78 is 0. The van der Waals surface area contributed by atoms with E-state index in [2.05, 4.69) is 5.32 Å². The minimum atomic E-state index is -0.790. The summed E-state index contributed by atoms with van der Waals surface area (Å²) in [6.45, 7) is 3.57. The van der Waals surface area contributed by atoms with E-state index in [-0.39, 0.29) is 0 Å². The van der Waals surface area contributed by atoms with E-state index in [1.807, 2.05) is 6.92 Å². The predicted molar refractivity (Wildman–Crippen MR) is 70.1 cm³/mol. The summed E-state index contributed by atoms with van der Waals surface area (Å²) in [5.41, 5.74) is 0.509. The molecule has 0 spiro atoms. The van der Waals surface area contributed by atoms with Crippen LogP contribution in [0.15, 0.2) is 11.6 Å². The van der Waals surface area contributed by atoms with Crippen molar-refractivity contribution in [2.45, 2.75) is 51.9 Å². The van der Waals surface area contributed by atoms with Crippen LogP contribution in [0.1, 0.15) is 51.9 Å². The molecule has 0 radical (unpaired) electrons. The topological polar surface area (TPSA) is 49.3 Å². The molecular formula is C14H25NO2. The predicted octanol–water partition coefficient (Wildman–Crippen LogP) is 2.97. The van der Waals surface area contributed by atoms with Crippen molar-refractivity contribution >= 4 is 5.97 Å². The third-order valence-corrected chi connectivity index (χ3v) is 3.60. The average Bonchev–Trinajstić information content (AvgIpc) is 2.34. The van der Waals surface area contributed by atoms with Crippen LogP contribution in [-0.4, -0.2) is 24.2 Å². The first-order chi connectivity index (χ1) is 8.24. The molecule has 1 aliphatic carbocycles. The van der Waals surface area contributed by atoms with Crippen LogP contribution in [0.2, 0.25) is 0 Å². The molecule has 1 aliphatic rings. The molecule has 0 aliphatic heterocycles. The van der Waals surface area contributed by atoms with Gasteiger partial charge in [0.2, 0.25) is 0 Å². The van der Waals surface area contributed by atoms with Crippen LogP contribution in [0.4, 0.5) is 0 Å². The van der Waals surface area contributed by atoms with Gasteiger partial charge in [-0.15, -0.1) is 0 Å².